The van der Waals surface area contributed by atoms with Gasteiger partial charge in [0.1, 0.15) is 0 Å². The van der Waals surface area contributed by atoms with Crippen molar-refractivity contribution in [1.82, 2.24) is 20.2 Å². The summed E-state index contributed by atoms with van der Waals surface area (Å²) in [6.45, 7) is 0. The molecule has 2 heterocycles. The highest BCUT2D eigenvalue weighted by Crippen LogP contribution is 2.24. The fourth-order valence-corrected chi connectivity index (χ4v) is 3.73. The molecule has 0 aliphatic heterocycles. The average Bonchev–Trinajstić information content (AvgIpc) is 3.23. The number of aromatic nitrogens is 4. The number of hydrogen-bond donors (Lipinski definition) is 1. The number of benzene rings is 1. The molecule has 0 amide bonds. The molecule has 1 atom stereocenters. The summed E-state index contributed by atoms with van der Waals surface area (Å²) in [6.07, 6.45) is 2.01. The summed E-state index contributed by atoms with van der Waals surface area (Å²) in [4.78, 5) is 1.25. The van der Waals surface area contributed by atoms with Gasteiger partial charge in [-0.25, -0.2) is 0 Å². The molecule has 0 fully saturated rings. The molecule has 22 heavy (non-hydrogen) atoms. The minimum Gasteiger partial charge on any atom is -0.323 e. The van der Waals surface area contributed by atoms with Gasteiger partial charge < -0.3 is 5.73 Å². The van der Waals surface area contributed by atoms with Gasteiger partial charge in [-0.3, -0.25) is 0 Å². The molecule has 2 N–H and O–H groups in total. The van der Waals surface area contributed by atoms with Gasteiger partial charge in [0.15, 0.2) is 0 Å². The number of hydrogen-bond acceptors (Lipinski definition) is 6. The van der Waals surface area contributed by atoms with Crippen LogP contribution in [-0.4, -0.2) is 26.0 Å². The van der Waals surface area contributed by atoms with E-state index in [9.17, 15) is 0 Å². The molecule has 0 aliphatic rings. The van der Waals surface area contributed by atoms with Crippen LogP contribution in [0.4, 0.5) is 0 Å². The van der Waals surface area contributed by atoms with E-state index in [0.29, 0.717) is 0 Å². The van der Waals surface area contributed by atoms with Crippen molar-refractivity contribution < 1.29 is 0 Å². The third-order valence-electron chi connectivity index (χ3n) is 3.24. The Balaban J connectivity index is 1.52. The van der Waals surface area contributed by atoms with Gasteiger partial charge in [0.2, 0.25) is 5.16 Å². The number of thioether (sulfide) groups is 1. The van der Waals surface area contributed by atoms with Crippen molar-refractivity contribution in [1.29, 1.82) is 0 Å². The van der Waals surface area contributed by atoms with Crippen LogP contribution in [0.5, 0.6) is 0 Å². The van der Waals surface area contributed by atoms with Crippen molar-refractivity contribution in [2.45, 2.75) is 24.0 Å². The van der Waals surface area contributed by atoms with Gasteiger partial charge >= 0.3 is 0 Å². The molecule has 0 aliphatic carbocycles. The summed E-state index contributed by atoms with van der Waals surface area (Å²) in [5.41, 5.74) is 7.15. The van der Waals surface area contributed by atoms with Gasteiger partial charge in [0, 0.05) is 16.7 Å². The monoisotopic (exact) mass is 331 g/mol. The summed E-state index contributed by atoms with van der Waals surface area (Å²) in [7, 11) is 0. The molecule has 1 unspecified atom stereocenters. The maximum atomic E-state index is 6.18. The first-order chi connectivity index (χ1) is 10.8. The molecule has 3 rings (SSSR count). The minimum absolute atomic E-state index is 0.130. The highest BCUT2D eigenvalue weighted by molar-refractivity contribution is 7.99. The lowest BCUT2D eigenvalue weighted by molar-refractivity contribution is 0.651. The van der Waals surface area contributed by atoms with Crippen molar-refractivity contribution in [2.24, 2.45) is 5.73 Å². The predicted molar refractivity (Wildman–Crippen MR) is 90.4 cm³/mol. The first-order valence-corrected chi connectivity index (χ1v) is 8.96. The third kappa shape index (κ3) is 3.73. The van der Waals surface area contributed by atoms with E-state index in [1.165, 1.54) is 4.88 Å². The Hall–Kier alpha value is -1.70. The SMILES string of the molecule is NC(CCCSc1nnnn1-c1ccccc1)c1cccs1. The van der Waals surface area contributed by atoms with E-state index in [1.54, 1.807) is 27.8 Å². The number of rotatable bonds is 7. The standard InChI is InChI=1S/C15H17N5S2/c16-13(14-9-5-10-21-14)8-4-11-22-15-17-18-19-20(15)12-6-2-1-3-7-12/h1-3,5-7,9-10,13H,4,8,11,16H2. The lowest BCUT2D eigenvalue weighted by atomic mass is 10.1. The number of nitrogens with two attached hydrogens (primary N) is 1. The van der Waals surface area contributed by atoms with Crippen LogP contribution in [0.2, 0.25) is 0 Å². The fraction of sp³-hybridized carbons (Fsp3) is 0.267. The van der Waals surface area contributed by atoms with Gasteiger partial charge in [-0.05, 0) is 46.8 Å². The molecule has 0 bridgehead atoms. The van der Waals surface area contributed by atoms with Crippen molar-refractivity contribution in [3.63, 3.8) is 0 Å². The molecule has 7 heteroatoms. The summed E-state index contributed by atoms with van der Waals surface area (Å²) >= 11 is 3.38. The molecule has 3 aromatic rings. The van der Waals surface area contributed by atoms with Gasteiger partial charge in [-0.1, -0.05) is 36.0 Å². The fourth-order valence-electron chi connectivity index (χ4n) is 2.11. The lowest BCUT2D eigenvalue weighted by Crippen LogP contribution is -2.08. The Morgan fingerprint density at radius 2 is 2.05 bits per heavy atom. The number of tetrazole rings is 1. The molecule has 1 aromatic carbocycles. The Bertz CT molecular complexity index is 681. The highest BCUT2D eigenvalue weighted by atomic mass is 32.2. The summed E-state index contributed by atoms with van der Waals surface area (Å²) in [6, 6.07) is 14.2. The summed E-state index contributed by atoms with van der Waals surface area (Å²) < 4.78 is 1.77. The second kappa shape index (κ2) is 7.53. The third-order valence-corrected chi connectivity index (χ3v) is 5.25. The second-order valence-electron chi connectivity index (χ2n) is 4.82. The van der Waals surface area contributed by atoms with Crippen LogP contribution in [0, 0.1) is 0 Å². The van der Waals surface area contributed by atoms with Crippen LogP contribution in [-0.2, 0) is 0 Å². The molecule has 0 saturated heterocycles. The zero-order valence-electron chi connectivity index (χ0n) is 12.0. The molecule has 0 spiro atoms. The van der Waals surface area contributed by atoms with Gasteiger partial charge in [-0.2, -0.15) is 4.68 Å². The number of nitrogens with zero attached hydrogens (tertiary/aromatic N) is 4. The normalized spacial score (nSPS) is 12.4. The molecule has 0 radical (unpaired) electrons. The largest absolute Gasteiger partial charge is 0.323 e. The maximum absolute atomic E-state index is 6.18. The van der Waals surface area contributed by atoms with Gasteiger partial charge in [0.25, 0.3) is 0 Å². The van der Waals surface area contributed by atoms with Crippen LogP contribution >= 0.6 is 23.1 Å². The van der Waals surface area contributed by atoms with Gasteiger partial charge in [0.05, 0.1) is 5.69 Å². The summed E-state index contributed by atoms with van der Waals surface area (Å²) in [5.74, 6) is 0.951. The zero-order chi connectivity index (χ0) is 15.2. The van der Waals surface area contributed by atoms with E-state index in [2.05, 4.69) is 27.0 Å². The van der Waals surface area contributed by atoms with E-state index in [-0.39, 0.29) is 6.04 Å². The van der Waals surface area contributed by atoms with Crippen LogP contribution in [0.15, 0.2) is 53.0 Å². The summed E-state index contributed by atoms with van der Waals surface area (Å²) in [5, 5.41) is 14.8. The molecular weight excluding hydrogens is 314 g/mol. The van der Waals surface area contributed by atoms with Gasteiger partial charge in [-0.15, -0.1) is 16.4 Å². The van der Waals surface area contributed by atoms with Crippen LogP contribution in [0.25, 0.3) is 5.69 Å². The van der Waals surface area contributed by atoms with E-state index < -0.39 is 0 Å². The first kappa shape index (κ1) is 15.2. The van der Waals surface area contributed by atoms with Crippen molar-refractivity contribution in [3.8, 4) is 5.69 Å². The molecular formula is C15H17N5S2. The topological polar surface area (TPSA) is 69.6 Å². The van der Waals surface area contributed by atoms with E-state index >= 15 is 0 Å². The molecule has 114 valence electrons. The Labute approximate surface area is 137 Å². The smallest absolute Gasteiger partial charge is 0.214 e. The van der Waals surface area contributed by atoms with E-state index in [0.717, 1.165) is 29.4 Å². The van der Waals surface area contributed by atoms with Crippen molar-refractivity contribution >= 4 is 23.1 Å². The Kier molecular flexibility index (Phi) is 5.20. The van der Waals surface area contributed by atoms with Crippen LogP contribution in [0.1, 0.15) is 23.8 Å². The Morgan fingerprint density at radius 3 is 2.82 bits per heavy atom. The number of para-hydroxylation sites is 1. The second-order valence-corrected chi connectivity index (χ2v) is 6.86. The predicted octanol–water partition coefficient (Wildman–Crippen LogP) is 3.30. The highest BCUT2D eigenvalue weighted by Gasteiger charge is 2.10. The van der Waals surface area contributed by atoms with Crippen molar-refractivity contribution in [3.05, 3.63) is 52.7 Å². The van der Waals surface area contributed by atoms with E-state index in [4.69, 9.17) is 5.73 Å². The molecule has 2 aromatic heterocycles. The Morgan fingerprint density at radius 1 is 1.18 bits per heavy atom. The molecule has 5 nitrogen and oxygen atoms in total. The van der Waals surface area contributed by atoms with Crippen molar-refractivity contribution in [2.75, 3.05) is 5.75 Å². The molecule has 0 saturated carbocycles. The first-order valence-electron chi connectivity index (χ1n) is 7.10. The zero-order valence-corrected chi connectivity index (χ0v) is 13.6. The number of thiophene rings is 1. The lowest BCUT2D eigenvalue weighted by Gasteiger charge is -2.08. The quantitative estimate of drug-likeness (QED) is 0.531. The van der Waals surface area contributed by atoms with E-state index in [1.807, 2.05) is 36.4 Å². The maximum Gasteiger partial charge on any atom is 0.214 e. The average molecular weight is 331 g/mol. The van der Waals surface area contributed by atoms with Crippen LogP contribution in [0.3, 0.4) is 0 Å². The minimum atomic E-state index is 0.130. The van der Waals surface area contributed by atoms with Crippen LogP contribution < -0.4 is 5.73 Å².